The van der Waals surface area contributed by atoms with Gasteiger partial charge < -0.3 is 15.6 Å². The Morgan fingerprint density at radius 1 is 0.938 bits per heavy atom. The van der Waals surface area contributed by atoms with Crippen LogP contribution in [-0.2, 0) is 25.9 Å². The molecular formula is C28H34N2O2. The van der Waals surface area contributed by atoms with Crippen LogP contribution in [0.2, 0.25) is 0 Å². The van der Waals surface area contributed by atoms with E-state index in [9.17, 15) is 5.11 Å². The zero-order chi connectivity index (χ0) is 22.2. The van der Waals surface area contributed by atoms with Gasteiger partial charge in [0.1, 0.15) is 18.5 Å². The maximum Gasteiger partial charge on any atom is 0.119 e. The van der Waals surface area contributed by atoms with Crippen LogP contribution in [-0.4, -0.2) is 35.3 Å². The first-order valence-corrected chi connectivity index (χ1v) is 11.7. The zero-order valence-electron chi connectivity index (χ0n) is 18.7. The molecule has 0 saturated carbocycles. The Kier molecular flexibility index (Phi) is 7.94. The molecule has 1 aliphatic rings. The lowest BCUT2D eigenvalue weighted by molar-refractivity contribution is 0.0463. The van der Waals surface area contributed by atoms with Crippen molar-refractivity contribution in [2.75, 3.05) is 13.2 Å². The third-order valence-corrected chi connectivity index (χ3v) is 6.32. The molecule has 0 fully saturated rings. The van der Waals surface area contributed by atoms with Crippen molar-refractivity contribution >= 4 is 0 Å². The molecule has 4 heteroatoms. The average molecular weight is 431 g/mol. The molecule has 3 N–H and O–H groups in total. The largest absolute Gasteiger partial charge is 0.491 e. The predicted molar refractivity (Wildman–Crippen MR) is 130 cm³/mol. The smallest absolute Gasteiger partial charge is 0.119 e. The molecule has 168 valence electrons. The van der Waals surface area contributed by atoms with E-state index in [0.29, 0.717) is 19.1 Å². The number of aliphatic hydroxyl groups excluding tert-OH is 1. The highest BCUT2D eigenvalue weighted by Crippen LogP contribution is 2.26. The first-order valence-electron chi connectivity index (χ1n) is 11.7. The van der Waals surface area contributed by atoms with Gasteiger partial charge in [0.15, 0.2) is 0 Å². The number of benzene rings is 3. The summed E-state index contributed by atoms with van der Waals surface area (Å²) in [4.78, 5) is 2.44. The first kappa shape index (κ1) is 22.5. The van der Waals surface area contributed by atoms with E-state index in [4.69, 9.17) is 10.5 Å². The Morgan fingerprint density at radius 2 is 1.69 bits per heavy atom. The van der Waals surface area contributed by atoms with Gasteiger partial charge in [-0.3, -0.25) is 4.90 Å². The van der Waals surface area contributed by atoms with Crippen LogP contribution >= 0.6 is 0 Å². The molecule has 4 rings (SSSR count). The third kappa shape index (κ3) is 6.19. The molecule has 4 nitrogen and oxygen atoms in total. The number of para-hydroxylation sites is 1. The quantitative estimate of drug-likeness (QED) is 0.496. The van der Waals surface area contributed by atoms with Crippen molar-refractivity contribution < 1.29 is 9.84 Å². The molecule has 3 aromatic carbocycles. The average Bonchev–Trinajstić information content (AvgIpc) is 3.05. The molecule has 32 heavy (non-hydrogen) atoms. The van der Waals surface area contributed by atoms with Gasteiger partial charge in [-0.25, -0.2) is 0 Å². The Labute approximate surface area is 191 Å². The van der Waals surface area contributed by atoms with Crippen LogP contribution < -0.4 is 10.5 Å². The van der Waals surface area contributed by atoms with Crippen molar-refractivity contribution in [3.8, 4) is 5.75 Å². The summed E-state index contributed by atoms with van der Waals surface area (Å²) in [6, 6.07) is 27.3. The molecule has 0 aliphatic heterocycles. The molecular weight excluding hydrogens is 396 g/mol. The number of hydrogen-bond donors (Lipinski definition) is 2. The fourth-order valence-electron chi connectivity index (χ4n) is 4.63. The number of aryl methyl sites for hydroxylation is 1. The second-order valence-electron chi connectivity index (χ2n) is 8.75. The van der Waals surface area contributed by atoms with Gasteiger partial charge in [0.2, 0.25) is 0 Å². The van der Waals surface area contributed by atoms with Gasteiger partial charge in [-0.2, -0.15) is 0 Å². The summed E-state index contributed by atoms with van der Waals surface area (Å²) in [6.07, 6.45) is 3.81. The molecule has 0 saturated heterocycles. The van der Waals surface area contributed by atoms with Gasteiger partial charge in [-0.15, -0.1) is 0 Å². The highest BCUT2D eigenvalue weighted by Gasteiger charge is 2.25. The molecule has 1 aliphatic carbocycles. The highest BCUT2D eigenvalue weighted by atomic mass is 16.5. The molecule has 0 amide bonds. The summed E-state index contributed by atoms with van der Waals surface area (Å²) < 4.78 is 5.83. The SMILES string of the molecule is NCc1ccc2c(c1)CC(N(Cc1ccccc1)CC(O)COc1ccccc1)CCC2. The molecule has 0 bridgehead atoms. The minimum atomic E-state index is -0.558. The van der Waals surface area contributed by atoms with Crippen LogP contribution in [0.5, 0.6) is 5.75 Å². The van der Waals surface area contributed by atoms with Crippen LogP contribution in [0.1, 0.15) is 35.1 Å². The number of rotatable bonds is 9. The van der Waals surface area contributed by atoms with E-state index >= 15 is 0 Å². The predicted octanol–water partition coefficient (Wildman–Crippen LogP) is 4.33. The third-order valence-electron chi connectivity index (χ3n) is 6.32. The minimum Gasteiger partial charge on any atom is -0.491 e. The van der Waals surface area contributed by atoms with Crippen molar-refractivity contribution in [2.45, 2.75) is 50.9 Å². The summed E-state index contributed by atoms with van der Waals surface area (Å²) >= 11 is 0. The van der Waals surface area contributed by atoms with E-state index in [1.165, 1.54) is 22.3 Å². The van der Waals surface area contributed by atoms with E-state index in [0.717, 1.165) is 38.0 Å². The Bertz CT molecular complexity index is 962. The maximum atomic E-state index is 10.9. The topological polar surface area (TPSA) is 58.7 Å². The van der Waals surface area contributed by atoms with Crippen molar-refractivity contribution in [2.24, 2.45) is 5.73 Å². The first-order chi connectivity index (χ1) is 15.7. The Balaban J connectivity index is 1.49. The number of aliphatic hydroxyl groups is 1. The van der Waals surface area contributed by atoms with Crippen LogP contribution in [0.15, 0.2) is 78.9 Å². The van der Waals surface area contributed by atoms with E-state index in [2.05, 4.69) is 47.4 Å². The summed E-state index contributed by atoms with van der Waals surface area (Å²) in [5, 5.41) is 10.9. The maximum absolute atomic E-state index is 10.9. The van der Waals surface area contributed by atoms with Gasteiger partial charge in [-0.1, -0.05) is 66.7 Å². The molecule has 3 aromatic rings. The number of hydrogen-bond acceptors (Lipinski definition) is 4. The summed E-state index contributed by atoms with van der Waals surface area (Å²) in [6.45, 7) is 2.26. The van der Waals surface area contributed by atoms with Crippen molar-refractivity contribution in [1.29, 1.82) is 0 Å². The lowest BCUT2D eigenvalue weighted by Crippen LogP contribution is -2.42. The fraction of sp³-hybridized carbons (Fsp3) is 0.357. The van der Waals surface area contributed by atoms with Gasteiger partial charge in [0.05, 0.1) is 0 Å². The number of fused-ring (bicyclic) bond motifs is 1. The van der Waals surface area contributed by atoms with Crippen LogP contribution in [0.3, 0.4) is 0 Å². The van der Waals surface area contributed by atoms with Crippen LogP contribution in [0.25, 0.3) is 0 Å². The van der Waals surface area contributed by atoms with Crippen LogP contribution in [0.4, 0.5) is 0 Å². The van der Waals surface area contributed by atoms with Gasteiger partial charge in [0, 0.05) is 25.7 Å². The number of ether oxygens (including phenoxy) is 1. The minimum absolute atomic E-state index is 0.288. The molecule has 2 atom stereocenters. The molecule has 0 aromatic heterocycles. The van der Waals surface area contributed by atoms with Crippen molar-refractivity contribution in [3.63, 3.8) is 0 Å². The summed E-state index contributed by atoms with van der Waals surface area (Å²) in [5.41, 5.74) is 11.2. The molecule has 2 unspecified atom stereocenters. The van der Waals surface area contributed by atoms with Crippen LogP contribution in [0, 0.1) is 0 Å². The lowest BCUT2D eigenvalue weighted by atomic mass is 9.98. The van der Waals surface area contributed by atoms with Crippen molar-refractivity contribution in [3.05, 3.63) is 101 Å². The second kappa shape index (κ2) is 11.3. The molecule has 0 heterocycles. The fourth-order valence-corrected chi connectivity index (χ4v) is 4.63. The number of nitrogens with two attached hydrogens (primary N) is 1. The van der Waals surface area contributed by atoms with Crippen molar-refractivity contribution in [1.82, 2.24) is 4.90 Å². The Hall–Kier alpha value is -2.66. The standard InChI is InChI=1S/C28H34N2O2/c29-18-23-14-15-24-10-7-11-26(17-25(24)16-23)30(19-22-8-3-1-4-9-22)20-27(31)21-32-28-12-5-2-6-13-28/h1-6,8-9,12-16,26-27,31H,7,10-11,17-21,29H2. The van der Waals surface area contributed by atoms with E-state index < -0.39 is 6.10 Å². The molecule has 0 spiro atoms. The monoisotopic (exact) mass is 430 g/mol. The normalized spacial score (nSPS) is 16.9. The van der Waals surface area contributed by atoms with E-state index in [1.807, 2.05) is 36.4 Å². The number of nitrogens with zero attached hydrogens (tertiary/aromatic N) is 1. The summed E-state index contributed by atoms with van der Waals surface area (Å²) in [5.74, 6) is 0.791. The molecule has 0 radical (unpaired) electrons. The van der Waals surface area contributed by atoms with E-state index in [1.54, 1.807) is 0 Å². The summed E-state index contributed by atoms with van der Waals surface area (Å²) in [7, 11) is 0. The lowest BCUT2D eigenvalue weighted by Gasteiger charge is -2.33. The van der Waals surface area contributed by atoms with Gasteiger partial charge in [0.25, 0.3) is 0 Å². The zero-order valence-corrected chi connectivity index (χ0v) is 18.7. The van der Waals surface area contributed by atoms with Gasteiger partial charge in [-0.05, 0) is 60.1 Å². The second-order valence-corrected chi connectivity index (χ2v) is 8.75. The Morgan fingerprint density at radius 3 is 2.44 bits per heavy atom. The highest BCUT2D eigenvalue weighted by molar-refractivity contribution is 5.34. The van der Waals surface area contributed by atoms with Gasteiger partial charge >= 0.3 is 0 Å². The van der Waals surface area contributed by atoms with E-state index in [-0.39, 0.29) is 6.61 Å².